The van der Waals surface area contributed by atoms with Gasteiger partial charge < -0.3 is 9.47 Å². The molecule has 0 bridgehead atoms. The molecule has 2 aromatic carbocycles. The van der Waals surface area contributed by atoms with Crippen LogP contribution in [0.5, 0.6) is 11.5 Å². The summed E-state index contributed by atoms with van der Waals surface area (Å²) in [6.45, 7) is 3.27. The van der Waals surface area contributed by atoms with Crippen molar-refractivity contribution in [3.63, 3.8) is 0 Å². The highest BCUT2D eigenvalue weighted by atomic mass is 16.5. The van der Waals surface area contributed by atoms with E-state index in [1.165, 1.54) is 0 Å². The van der Waals surface area contributed by atoms with Crippen LogP contribution in [0.4, 0.5) is 0 Å². The molecule has 0 unspecified atom stereocenters. The van der Waals surface area contributed by atoms with Crippen LogP contribution in [0.15, 0.2) is 48.5 Å². The van der Waals surface area contributed by atoms with Gasteiger partial charge in [-0.15, -0.1) is 0 Å². The molecule has 3 nitrogen and oxygen atoms in total. The maximum Gasteiger partial charge on any atom is 0.161 e. The molecule has 2 rings (SSSR count). The van der Waals surface area contributed by atoms with Gasteiger partial charge in [-0.3, -0.25) is 4.79 Å². The Hall–Kier alpha value is -2.29. The Morgan fingerprint density at radius 3 is 2.50 bits per heavy atom. The van der Waals surface area contributed by atoms with Crippen LogP contribution in [0.25, 0.3) is 0 Å². The third kappa shape index (κ3) is 4.92. The van der Waals surface area contributed by atoms with Gasteiger partial charge in [0.25, 0.3) is 0 Å². The molecule has 0 aliphatic carbocycles. The summed E-state index contributed by atoms with van der Waals surface area (Å²) in [5.74, 6) is 1.31. The highest BCUT2D eigenvalue weighted by Gasteiger charge is 2.07. The Balaban J connectivity index is 2.03. The minimum Gasteiger partial charge on any atom is -0.490 e. The van der Waals surface area contributed by atoms with Crippen molar-refractivity contribution in [3.05, 3.63) is 59.7 Å². The van der Waals surface area contributed by atoms with Crippen LogP contribution in [-0.4, -0.2) is 12.9 Å². The maximum absolute atomic E-state index is 10.9. The van der Waals surface area contributed by atoms with E-state index in [4.69, 9.17) is 9.47 Å². The highest BCUT2D eigenvalue weighted by Crippen LogP contribution is 2.29. The van der Waals surface area contributed by atoms with Gasteiger partial charge in [0.2, 0.25) is 0 Å². The van der Waals surface area contributed by atoms with Crippen LogP contribution < -0.4 is 9.47 Å². The molecule has 0 aliphatic heterocycles. The summed E-state index contributed by atoms with van der Waals surface area (Å²) in [4.78, 5) is 10.9. The van der Waals surface area contributed by atoms with E-state index in [-0.39, 0.29) is 0 Å². The Labute approximate surface area is 131 Å². The van der Waals surface area contributed by atoms with E-state index in [9.17, 15) is 4.79 Å². The first kappa shape index (κ1) is 16.1. The van der Waals surface area contributed by atoms with Crippen molar-refractivity contribution in [1.29, 1.82) is 0 Å². The molecular weight excluding hydrogens is 276 g/mol. The van der Waals surface area contributed by atoms with Gasteiger partial charge in [0.05, 0.1) is 6.61 Å². The number of unbranched alkanes of at least 4 members (excludes halogenated alkanes) is 2. The Kier molecular flexibility index (Phi) is 6.49. The summed E-state index contributed by atoms with van der Waals surface area (Å²) in [7, 11) is 0. The summed E-state index contributed by atoms with van der Waals surface area (Å²) in [5.41, 5.74) is 1.69. The van der Waals surface area contributed by atoms with Crippen LogP contribution in [0.2, 0.25) is 0 Å². The average Bonchev–Trinajstić information content (AvgIpc) is 2.58. The van der Waals surface area contributed by atoms with Crippen LogP contribution in [0, 0.1) is 0 Å². The van der Waals surface area contributed by atoms with Gasteiger partial charge >= 0.3 is 0 Å². The fourth-order valence-electron chi connectivity index (χ4n) is 2.10. The van der Waals surface area contributed by atoms with Crippen molar-refractivity contribution in [2.45, 2.75) is 32.8 Å². The third-order valence-corrected chi connectivity index (χ3v) is 3.35. The minimum atomic E-state index is 0.479. The van der Waals surface area contributed by atoms with E-state index in [2.05, 4.69) is 6.92 Å². The van der Waals surface area contributed by atoms with E-state index in [0.29, 0.717) is 30.3 Å². The van der Waals surface area contributed by atoms with Crippen LogP contribution in [-0.2, 0) is 6.61 Å². The lowest BCUT2D eigenvalue weighted by molar-refractivity contribution is 0.112. The number of aldehydes is 1. The molecule has 116 valence electrons. The van der Waals surface area contributed by atoms with E-state index in [1.807, 2.05) is 30.3 Å². The second-order valence-corrected chi connectivity index (χ2v) is 5.15. The molecule has 0 heterocycles. The van der Waals surface area contributed by atoms with Crippen molar-refractivity contribution in [2.75, 3.05) is 6.61 Å². The molecular formula is C19H22O3. The van der Waals surface area contributed by atoms with E-state index >= 15 is 0 Å². The second kappa shape index (κ2) is 8.88. The van der Waals surface area contributed by atoms with Crippen molar-refractivity contribution in [1.82, 2.24) is 0 Å². The largest absolute Gasteiger partial charge is 0.490 e. The predicted octanol–water partition coefficient (Wildman–Crippen LogP) is 4.65. The topological polar surface area (TPSA) is 35.5 Å². The minimum absolute atomic E-state index is 0.479. The van der Waals surface area contributed by atoms with Crippen LogP contribution in [0.3, 0.4) is 0 Å². The quantitative estimate of drug-likeness (QED) is 0.499. The number of carbonyl (C=O) groups is 1. The zero-order valence-electron chi connectivity index (χ0n) is 13.0. The van der Waals surface area contributed by atoms with Gasteiger partial charge in [-0.25, -0.2) is 0 Å². The van der Waals surface area contributed by atoms with Gasteiger partial charge in [-0.2, -0.15) is 0 Å². The number of hydrogen-bond donors (Lipinski definition) is 0. The van der Waals surface area contributed by atoms with E-state index in [0.717, 1.165) is 31.1 Å². The number of hydrogen-bond acceptors (Lipinski definition) is 3. The highest BCUT2D eigenvalue weighted by molar-refractivity contribution is 5.76. The second-order valence-electron chi connectivity index (χ2n) is 5.15. The van der Waals surface area contributed by atoms with Crippen molar-refractivity contribution >= 4 is 6.29 Å². The molecule has 0 fully saturated rings. The Morgan fingerprint density at radius 2 is 1.77 bits per heavy atom. The predicted molar refractivity (Wildman–Crippen MR) is 87.6 cm³/mol. The smallest absolute Gasteiger partial charge is 0.161 e. The van der Waals surface area contributed by atoms with E-state index < -0.39 is 0 Å². The summed E-state index contributed by atoms with van der Waals surface area (Å²) in [5, 5.41) is 0. The SMILES string of the molecule is CCCCCOc1cc(C=O)ccc1OCc1ccccc1. The lowest BCUT2D eigenvalue weighted by Crippen LogP contribution is -2.02. The van der Waals surface area contributed by atoms with Crippen molar-refractivity contribution in [3.8, 4) is 11.5 Å². The fraction of sp³-hybridized carbons (Fsp3) is 0.316. The lowest BCUT2D eigenvalue weighted by Gasteiger charge is -2.13. The van der Waals surface area contributed by atoms with E-state index in [1.54, 1.807) is 18.2 Å². The molecule has 2 aromatic rings. The first-order chi connectivity index (χ1) is 10.8. The lowest BCUT2D eigenvalue weighted by atomic mass is 10.2. The summed E-state index contributed by atoms with van der Waals surface area (Å²) in [6, 6.07) is 15.2. The molecule has 22 heavy (non-hydrogen) atoms. The number of rotatable bonds is 9. The van der Waals surface area contributed by atoms with Gasteiger partial charge in [-0.05, 0) is 30.2 Å². The number of carbonyl (C=O) groups excluding carboxylic acids is 1. The molecule has 0 aromatic heterocycles. The summed E-state index contributed by atoms with van der Waals surface area (Å²) in [6.07, 6.45) is 4.10. The third-order valence-electron chi connectivity index (χ3n) is 3.35. The first-order valence-corrected chi connectivity index (χ1v) is 7.72. The fourth-order valence-corrected chi connectivity index (χ4v) is 2.10. The van der Waals surface area contributed by atoms with Crippen molar-refractivity contribution < 1.29 is 14.3 Å². The van der Waals surface area contributed by atoms with Crippen molar-refractivity contribution in [2.24, 2.45) is 0 Å². The summed E-state index contributed by atoms with van der Waals surface area (Å²) < 4.78 is 11.6. The average molecular weight is 298 g/mol. The van der Waals surface area contributed by atoms with Crippen LogP contribution >= 0.6 is 0 Å². The van der Waals surface area contributed by atoms with Crippen LogP contribution in [0.1, 0.15) is 42.1 Å². The molecule has 0 saturated heterocycles. The molecule has 0 N–H and O–H groups in total. The number of benzene rings is 2. The van der Waals surface area contributed by atoms with Gasteiger partial charge in [-0.1, -0.05) is 50.1 Å². The monoisotopic (exact) mass is 298 g/mol. The molecule has 3 heteroatoms. The van der Waals surface area contributed by atoms with Gasteiger partial charge in [0.15, 0.2) is 11.5 Å². The first-order valence-electron chi connectivity index (χ1n) is 7.72. The molecule has 0 spiro atoms. The molecule has 0 amide bonds. The van der Waals surface area contributed by atoms with Gasteiger partial charge in [0, 0.05) is 5.56 Å². The Morgan fingerprint density at radius 1 is 0.955 bits per heavy atom. The molecule has 0 radical (unpaired) electrons. The molecule has 0 saturated carbocycles. The molecule has 0 aliphatic rings. The zero-order valence-corrected chi connectivity index (χ0v) is 13.0. The Bertz CT molecular complexity index is 578. The molecule has 0 atom stereocenters. The summed E-state index contributed by atoms with van der Waals surface area (Å²) >= 11 is 0. The normalized spacial score (nSPS) is 10.2. The maximum atomic E-state index is 10.9. The number of ether oxygens (including phenoxy) is 2. The zero-order chi connectivity index (χ0) is 15.6. The standard InChI is InChI=1S/C19H22O3/c1-2-3-7-12-21-19-13-17(14-20)10-11-18(19)22-15-16-8-5-4-6-9-16/h4-6,8-11,13-14H,2-3,7,12,15H2,1H3. The van der Waals surface area contributed by atoms with Gasteiger partial charge in [0.1, 0.15) is 12.9 Å².